The molecule has 0 saturated carbocycles. The first-order valence-corrected chi connectivity index (χ1v) is 16.5. The summed E-state index contributed by atoms with van der Waals surface area (Å²) in [7, 11) is 0. The van der Waals surface area contributed by atoms with E-state index >= 15 is 8.78 Å². The van der Waals surface area contributed by atoms with E-state index < -0.39 is 23.3 Å². The van der Waals surface area contributed by atoms with Crippen molar-refractivity contribution in [3.63, 3.8) is 0 Å². The summed E-state index contributed by atoms with van der Waals surface area (Å²) in [5, 5.41) is 13.5. The lowest BCUT2D eigenvalue weighted by Crippen LogP contribution is -2.52. The molecule has 3 aromatic heterocycles. The highest BCUT2D eigenvalue weighted by atomic mass is 19.2. The lowest BCUT2D eigenvalue weighted by molar-refractivity contribution is 0.00709. The molecule has 9 rings (SSSR count). The van der Waals surface area contributed by atoms with Crippen molar-refractivity contribution in [2.75, 3.05) is 62.4 Å². The molecule has 2 unspecified atom stereocenters. The SMILES string of the molecule is N#Cc1c(N)oc2cc(F)c(F)c(-c3c(C4COC4)nc4c(N5C6CCC5CNC6)nc(OC[C@@]56CCCN5C[C@H](F)C6)nc4c3N)c12. The zero-order chi connectivity index (χ0) is 32.9. The minimum absolute atomic E-state index is 0.00317. The zero-order valence-electron chi connectivity index (χ0n) is 26.1. The lowest BCUT2D eigenvalue weighted by atomic mass is 9.89. The molecule has 0 amide bonds. The van der Waals surface area contributed by atoms with Crippen LogP contribution < -0.4 is 26.4 Å². The fourth-order valence-electron chi connectivity index (χ4n) is 8.68. The normalized spacial score (nSPS) is 27.1. The van der Waals surface area contributed by atoms with Gasteiger partial charge in [-0.3, -0.25) is 4.90 Å². The smallest absolute Gasteiger partial charge is 0.319 e. The van der Waals surface area contributed by atoms with Gasteiger partial charge in [-0.25, -0.2) is 18.2 Å². The molecule has 0 aliphatic carbocycles. The second-order valence-corrected chi connectivity index (χ2v) is 13.7. The molecule has 1 aromatic carbocycles. The summed E-state index contributed by atoms with van der Waals surface area (Å²) in [5.74, 6) is -2.43. The standard InChI is InChI=1S/C33H34F3N9O3/c34-16-7-33(4-1-5-44(33)11-16)14-47-32-42-28-26(38)24(23-22-19(8-37)30(39)48-21(22)6-20(35)25(23)36)27(15-12-46-13-15)41-29(28)31(43-32)45-17-2-3-18(45)10-40-9-17/h6,15-18,40H,1-5,7,9-14,39H2,(H2,38,41)/t16-,17?,18?,33+/m1/s1. The van der Waals surface area contributed by atoms with Crippen molar-refractivity contribution in [1.82, 2.24) is 25.2 Å². The van der Waals surface area contributed by atoms with E-state index in [0.29, 0.717) is 30.0 Å². The first kappa shape index (κ1) is 29.7. The maximum Gasteiger partial charge on any atom is 0.319 e. The number of nitrogens with two attached hydrogens (primary N) is 2. The molecule has 250 valence electrons. The van der Waals surface area contributed by atoms with Gasteiger partial charge in [-0.15, -0.1) is 0 Å². The van der Waals surface area contributed by atoms with E-state index in [4.69, 9.17) is 40.3 Å². The van der Waals surface area contributed by atoms with Gasteiger partial charge in [-0.1, -0.05) is 0 Å². The van der Waals surface area contributed by atoms with Crippen LogP contribution in [-0.2, 0) is 4.74 Å². The number of rotatable bonds is 6. The number of alkyl halides is 1. The number of nitrogen functional groups attached to an aromatic ring is 2. The molecule has 5 fully saturated rings. The molecule has 5 aliphatic rings. The van der Waals surface area contributed by atoms with Crippen LogP contribution >= 0.6 is 0 Å². The molecular weight excluding hydrogens is 627 g/mol. The number of aromatic nitrogens is 3. The van der Waals surface area contributed by atoms with Crippen molar-refractivity contribution in [1.29, 1.82) is 5.26 Å². The van der Waals surface area contributed by atoms with Gasteiger partial charge in [0.15, 0.2) is 17.5 Å². The summed E-state index contributed by atoms with van der Waals surface area (Å²) in [4.78, 5) is 19.2. The molecule has 4 atom stereocenters. The van der Waals surface area contributed by atoms with Crippen molar-refractivity contribution < 1.29 is 27.1 Å². The average Bonchev–Trinajstić information content (AvgIpc) is 3.73. The van der Waals surface area contributed by atoms with E-state index in [2.05, 4.69) is 15.1 Å². The van der Waals surface area contributed by atoms with Crippen molar-refractivity contribution in [2.24, 2.45) is 0 Å². The molecule has 2 bridgehead atoms. The van der Waals surface area contributed by atoms with Gasteiger partial charge in [0.05, 0.1) is 35.5 Å². The molecule has 0 spiro atoms. The average molecular weight is 662 g/mol. The molecule has 0 radical (unpaired) electrons. The number of hydrogen-bond acceptors (Lipinski definition) is 12. The van der Waals surface area contributed by atoms with E-state index in [1.54, 1.807) is 0 Å². The number of piperazine rings is 1. The lowest BCUT2D eigenvalue weighted by Gasteiger charge is -2.37. The van der Waals surface area contributed by atoms with Crippen LogP contribution in [0.4, 0.5) is 30.6 Å². The molecule has 12 nitrogen and oxygen atoms in total. The predicted molar refractivity (Wildman–Crippen MR) is 170 cm³/mol. The maximum absolute atomic E-state index is 16.1. The van der Waals surface area contributed by atoms with Crippen molar-refractivity contribution in [3.8, 4) is 23.2 Å². The number of nitrogens with one attached hydrogen (secondary N) is 1. The van der Waals surface area contributed by atoms with Gasteiger partial charge in [0.25, 0.3) is 0 Å². The van der Waals surface area contributed by atoms with Crippen molar-refractivity contribution >= 4 is 39.4 Å². The highest BCUT2D eigenvalue weighted by Crippen LogP contribution is 2.48. The molecule has 5 aliphatic heterocycles. The fourth-order valence-corrected chi connectivity index (χ4v) is 8.68. The topological polar surface area (TPSA) is 165 Å². The van der Waals surface area contributed by atoms with Gasteiger partial charge in [0.2, 0.25) is 5.88 Å². The van der Waals surface area contributed by atoms with Gasteiger partial charge in [0, 0.05) is 61.2 Å². The molecular formula is C33H34F3N9O3. The van der Waals surface area contributed by atoms with Crippen LogP contribution in [0.2, 0.25) is 0 Å². The molecule has 5 saturated heterocycles. The maximum atomic E-state index is 16.1. The third kappa shape index (κ3) is 4.28. The van der Waals surface area contributed by atoms with Crippen LogP contribution in [0.3, 0.4) is 0 Å². The van der Waals surface area contributed by atoms with Crippen LogP contribution in [0.5, 0.6) is 6.01 Å². The summed E-state index contributed by atoms with van der Waals surface area (Å²) in [6.45, 7) is 3.48. The van der Waals surface area contributed by atoms with Crippen LogP contribution in [0, 0.1) is 23.0 Å². The Morgan fingerprint density at radius 3 is 2.62 bits per heavy atom. The Kier molecular flexibility index (Phi) is 6.69. The number of furan rings is 1. The predicted octanol–water partition coefficient (Wildman–Crippen LogP) is 3.76. The van der Waals surface area contributed by atoms with Crippen LogP contribution in [-0.4, -0.2) is 89.6 Å². The Bertz CT molecular complexity index is 2020. The Morgan fingerprint density at radius 1 is 1.10 bits per heavy atom. The van der Waals surface area contributed by atoms with Gasteiger partial charge < -0.3 is 35.6 Å². The second-order valence-electron chi connectivity index (χ2n) is 13.7. The third-order valence-electron chi connectivity index (χ3n) is 11.0. The number of anilines is 3. The first-order chi connectivity index (χ1) is 23.3. The van der Waals surface area contributed by atoms with Gasteiger partial charge >= 0.3 is 6.01 Å². The Hall–Kier alpha value is -4.39. The number of benzene rings is 1. The number of nitrogens with zero attached hydrogens (tertiary/aromatic N) is 6. The molecule has 48 heavy (non-hydrogen) atoms. The van der Waals surface area contributed by atoms with Gasteiger partial charge in [-0.05, 0) is 32.2 Å². The second kappa shape index (κ2) is 10.8. The quantitative estimate of drug-likeness (QED) is 0.275. The molecule has 5 N–H and O–H groups in total. The van der Waals surface area contributed by atoms with Crippen molar-refractivity contribution in [3.05, 3.63) is 29.0 Å². The Balaban J connectivity index is 1.28. The number of fused-ring (bicyclic) bond motifs is 5. The van der Waals surface area contributed by atoms with Crippen LogP contribution in [0.1, 0.15) is 49.3 Å². The summed E-state index contributed by atoms with van der Waals surface area (Å²) >= 11 is 0. The van der Waals surface area contributed by atoms with Crippen molar-refractivity contribution in [2.45, 2.75) is 61.8 Å². The number of halogens is 3. The Morgan fingerprint density at radius 2 is 1.90 bits per heavy atom. The van der Waals surface area contributed by atoms with Crippen LogP contribution in [0.25, 0.3) is 33.1 Å². The van der Waals surface area contributed by atoms with E-state index in [-0.39, 0.29) is 88.6 Å². The minimum atomic E-state index is -1.22. The molecule has 4 aromatic rings. The number of hydrogen-bond donors (Lipinski definition) is 3. The largest absolute Gasteiger partial charge is 0.461 e. The number of pyridine rings is 1. The highest BCUT2D eigenvalue weighted by Gasteiger charge is 2.49. The van der Waals surface area contributed by atoms with E-state index in [1.165, 1.54) is 0 Å². The fraction of sp³-hybridized carbons (Fsp3) is 0.515. The number of ether oxygens (including phenoxy) is 2. The Labute approximate surface area is 273 Å². The summed E-state index contributed by atoms with van der Waals surface area (Å²) in [6, 6.07) is 3.17. The summed E-state index contributed by atoms with van der Waals surface area (Å²) in [6.07, 6.45) is 3.12. The summed E-state index contributed by atoms with van der Waals surface area (Å²) < 4.78 is 63.3. The zero-order valence-corrected chi connectivity index (χ0v) is 26.1. The van der Waals surface area contributed by atoms with Crippen LogP contribution in [0.15, 0.2) is 10.5 Å². The third-order valence-corrected chi connectivity index (χ3v) is 11.0. The molecule has 15 heteroatoms. The van der Waals surface area contributed by atoms with E-state index in [1.807, 2.05) is 6.07 Å². The highest BCUT2D eigenvalue weighted by molar-refractivity contribution is 6.08. The summed E-state index contributed by atoms with van der Waals surface area (Å²) in [5.41, 5.74) is 13.1. The van der Waals surface area contributed by atoms with Gasteiger partial charge in [0.1, 0.15) is 41.0 Å². The molecule has 8 heterocycles. The first-order valence-electron chi connectivity index (χ1n) is 16.5. The monoisotopic (exact) mass is 661 g/mol. The van der Waals surface area contributed by atoms with E-state index in [0.717, 1.165) is 51.4 Å². The van der Waals surface area contributed by atoms with E-state index in [9.17, 15) is 9.65 Å². The minimum Gasteiger partial charge on any atom is -0.461 e. The number of nitriles is 1. The van der Waals surface area contributed by atoms with Gasteiger partial charge in [-0.2, -0.15) is 15.2 Å².